The molecule has 10 heteroatoms. The first-order valence-corrected chi connectivity index (χ1v) is 15.1. The molecule has 38 heavy (non-hydrogen) atoms. The molecule has 0 saturated heterocycles. The number of ether oxygens (including phenoxy) is 1. The third-order valence-electron chi connectivity index (χ3n) is 7.30. The summed E-state index contributed by atoms with van der Waals surface area (Å²) >= 11 is 0. The molecule has 0 spiro atoms. The minimum absolute atomic E-state index is 0.0685. The van der Waals surface area contributed by atoms with Crippen LogP contribution in [0.15, 0.2) is 48.5 Å². The zero-order chi connectivity index (χ0) is 27.0. The Morgan fingerprint density at radius 3 is 2.37 bits per heavy atom. The van der Waals surface area contributed by atoms with Crippen molar-refractivity contribution in [2.45, 2.75) is 65.3 Å². The molecule has 1 aliphatic rings. The topological polar surface area (TPSA) is 118 Å². The third kappa shape index (κ3) is 6.47. The largest absolute Gasteiger partial charge is 0.466 e. The fourth-order valence-corrected chi connectivity index (χ4v) is 6.89. The summed E-state index contributed by atoms with van der Waals surface area (Å²) in [6, 6.07) is 15.7. The van der Waals surface area contributed by atoms with E-state index in [2.05, 4.69) is 20.6 Å². The van der Waals surface area contributed by atoms with Gasteiger partial charge in [-0.1, -0.05) is 81.1 Å². The van der Waals surface area contributed by atoms with Crippen LogP contribution < -0.4 is 0 Å². The Balaban J connectivity index is 1.62. The number of hydrogen-bond acceptors (Lipinski definition) is 7. The van der Waals surface area contributed by atoms with Gasteiger partial charge in [-0.3, -0.25) is 4.79 Å². The number of nitrogens with zero attached hydrogens (tertiary/aromatic N) is 4. The Bertz CT molecular complexity index is 1290. The van der Waals surface area contributed by atoms with Gasteiger partial charge in [-0.15, -0.1) is 5.10 Å². The van der Waals surface area contributed by atoms with E-state index in [1.807, 2.05) is 55.5 Å². The van der Waals surface area contributed by atoms with Gasteiger partial charge in [0.2, 0.25) is 10.0 Å². The molecule has 1 fully saturated rings. The Morgan fingerprint density at radius 2 is 1.74 bits per heavy atom. The van der Waals surface area contributed by atoms with Gasteiger partial charge in [0.15, 0.2) is 5.82 Å². The average Bonchev–Trinajstić information content (AvgIpc) is 3.48. The van der Waals surface area contributed by atoms with Crippen LogP contribution >= 0.6 is 0 Å². The van der Waals surface area contributed by atoms with Gasteiger partial charge in [-0.2, -0.15) is 4.31 Å². The standard InChI is InChI=1S/C28H37N5O4S/c1-3-5-19-38(35,36)33(21-28(27(34)37-4-2)17-9-6-10-18-28)20-22-13-15-23(16-14-22)24-11-7-8-12-25(24)26-29-31-32-30-26/h7-8,11-16H,3-6,9-10,17-21H2,1-2H3,(H,29,30,31,32). The second kappa shape index (κ2) is 12.6. The van der Waals surface area contributed by atoms with Crippen molar-refractivity contribution >= 4 is 16.0 Å². The number of esters is 1. The van der Waals surface area contributed by atoms with Gasteiger partial charge in [-0.25, -0.2) is 13.5 Å². The van der Waals surface area contributed by atoms with E-state index in [-0.39, 0.29) is 31.4 Å². The van der Waals surface area contributed by atoms with Gasteiger partial charge in [0.05, 0.1) is 17.8 Å². The number of unbranched alkanes of at least 4 members (excludes halogenated alkanes) is 1. The predicted octanol–water partition coefficient (Wildman–Crippen LogP) is 4.98. The Kier molecular flexibility index (Phi) is 9.27. The molecular formula is C28H37N5O4S. The van der Waals surface area contributed by atoms with E-state index in [1.54, 1.807) is 6.92 Å². The van der Waals surface area contributed by atoms with Crippen molar-refractivity contribution < 1.29 is 17.9 Å². The third-order valence-corrected chi connectivity index (χ3v) is 9.15. The normalized spacial score (nSPS) is 15.4. The smallest absolute Gasteiger partial charge is 0.313 e. The number of aromatic nitrogens is 4. The van der Waals surface area contributed by atoms with Crippen LogP contribution in [0, 0.1) is 5.41 Å². The van der Waals surface area contributed by atoms with Crippen LogP contribution in [0.5, 0.6) is 0 Å². The van der Waals surface area contributed by atoms with Crippen molar-refractivity contribution in [3.8, 4) is 22.5 Å². The molecule has 1 N–H and O–H groups in total. The van der Waals surface area contributed by atoms with E-state index in [0.29, 0.717) is 25.1 Å². The van der Waals surface area contributed by atoms with Crippen molar-refractivity contribution in [3.63, 3.8) is 0 Å². The fraction of sp³-hybridized carbons (Fsp3) is 0.500. The highest BCUT2D eigenvalue weighted by atomic mass is 32.2. The van der Waals surface area contributed by atoms with Gasteiger partial charge in [0.1, 0.15) is 0 Å². The minimum atomic E-state index is -3.57. The molecule has 204 valence electrons. The highest BCUT2D eigenvalue weighted by molar-refractivity contribution is 7.89. The molecule has 0 radical (unpaired) electrons. The SMILES string of the molecule is CCCCS(=O)(=O)N(Cc1ccc(-c2ccccc2-c2nnn[nH]2)cc1)CC1(C(=O)OCC)CCCCC1. The maximum atomic E-state index is 13.5. The summed E-state index contributed by atoms with van der Waals surface area (Å²) in [5.74, 6) is 0.373. The predicted molar refractivity (Wildman–Crippen MR) is 146 cm³/mol. The van der Waals surface area contributed by atoms with Crippen molar-refractivity contribution in [1.82, 2.24) is 24.9 Å². The van der Waals surface area contributed by atoms with Gasteiger partial charge in [0, 0.05) is 18.7 Å². The molecule has 0 amide bonds. The summed E-state index contributed by atoms with van der Waals surface area (Å²) in [6.45, 7) is 4.42. The second-order valence-electron chi connectivity index (χ2n) is 9.99. The van der Waals surface area contributed by atoms with Crippen molar-refractivity contribution in [2.24, 2.45) is 5.41 Å². The Morgan fingerprint density at radius 1 is 1.03 bits per heavy atom. The Hall–Kier alpha value is -3.11. The average molecular weight is 540 g/mol. The number of aromatic amines is 1. The van der Waals surface area contributed by atoms with Crippen LogP contribution in [0.25, 0.3) is 22.5 Å². The number of sulfonamides is 1. The molecule has 0 aliphatic heterocycles. The van der Waals surface area contributed by atoms with E-state index in [0.717, 1.165) is 47.9 Å². The van der Waals surface area contributed by atoms with Crippen LogP contribution in [-0.2, 0) is 26.1 Å². The zero-order valence-electron chi connectivity index (χ0n) is 22.2. The summed E-state index contributed by atoms with van der Waals surface area (Å²) < 4.78 is 34.0. The Labute approximate surface area is 225 Å². The molecule has 3 aromatic rings. The quantitative estimate of drug-likeness (QED) is 0.323. The van der Waals surface area contributed by atoms with Crippen molar-refractivity contribution in [1.29, 1.82) is 0 Å². The number of rotatable bonds is 12. The molecule has 0 bridgehead atoms. The van der Waals surface area contributed by atoms with Crippen LogP contribution in [0.4, 0.5) is 0 Å². The number of H-pyrrole nitrogens is 1. The van der Waals surface area contributed by atoms with E-state index < -0.39 is 15.4 Å². The van der Waals surface area contributed by atoms with E-state index >= 15 is 0 Å². The minimum Gasteiger partial charge on any atom is -0.466 e. The maximum Gasteiger partial charge on any atom is 0.313 e. The van der Waals surface area contributed by atoms with Crippen molar-refractivity contribution in [2.75, 3.05) is 18.9 Å². The van der Waals surface area contributed by atoms with Crippen molar-refractivity contribution in [3.05, 3.63) is 54.1 Å². The lowest BCUT2D eigenvalue weighted by Gasteiger charge is -2.38. The lowest BCUT2D eigenvalue weighted by molar-refractivity contribution is -0.158. The highest BCUT2D eigenvalue weighted by Crippen LogP contribution is 2.39. The first kappa shape index (κ1) is 27.9. The van der Waals surface area contributed by atoms with Crippen LogP contribution in [0.2, 0.25) is 0 Å². The zero-order valence-corrected chi connectivity index (χ0v) is 23.0. The molecule has 1 aliphatic carbocycles. The molecule has 9 nitrogen and oxygen atoms in total. The lowest BCUT2D eigenvalue weighted by Crippen LogP contribution is -2.47. The van der Waals surface area contributed by atoms with Gasteiger partial charge in [0.25, 0.3) is 0 Å². The summed E-state index contributed by atoms with van der Waals surface area (Å²) in [5, 5.41) is 14.2. The monoisotopic (exact) mass is 539 g/mol. The molecule has 4 rings (SSSR count). The number of hydrogen-bond donors (Lipinski definition) is 1. The van der Waals surface area contributed by atoms with Gasteiger partial charge >= 0.3 is 5.97 Å². The summed E-state index contributed by atoms with van der Waals surface area (Å²) in [4.78, 5) is 13.1. The second-order valence-corrected chi connectivity index (χ2v) is 12.1. The maximum absolute atomic E-state index is 13.5. The number of nitrogens with one attached hydrogen (secondary N) is 1. The molecule has 2 aromatic carbocycles. The fourth-order valence-electron chi connectivity index (χ4n) is 5.19. The summed E-state index contributed by atoms with van der Waals surface area (Å²) in [6.07, 6.45) is 5.52. The number of benzene rings is 2. The molecule has 1 aromatic heterocycles. The van der Waals surface area contributed by atoms with Gasteiger partial charge in [-0.05, 0) is 53.3 Å². The molecule has 0 unspecified atom stereocenters. The molecule has 0 atom stereocenters. The summed E-state index contributed by atoms with van der Waals surface area (Å²) in [7, 11) is -3.57. The van der Waals surface area contributed by atoms with E-state index in [9.17, 15) is 13.2 Å². The van der Waals surface area contributed by atoms with Crippen LogP contribution in [-0.4, -0.2) is 58.2 Å². The van der Waals surface area contributed by atoms with Crippen LogP contribution in [0.3, 0.4) is 0 Å². The highest BCUT2D eigenvalue weighted by Gasteiger charge is 2.44. The lowest BCUT2D eigenvalue weighted by atomic mass is 9.74. The van der Waals surface area contributed by atoms with E-state index in [1.165, 1.54) is 4.31 Å². The van der Waals surface area contributed by atoms with Crippen LogP contribution in [0.1, 0.15) is 64.4 Å². The molecule has 1 saturated carbocycles. The first-order chi connectivity index (χ1) is 18.4. The molecule has 1 heterocycles. The van der Waals surface area contributed by atoms with Gasteiger partial charge < -0.3 is 4.74 Å². The summed E-state index contributed by atoms with van der Waals surface area (Å²) in [5.41, 5.74) is 2.88. The number of carbonyl (C=O) groups excluding carboxylic acids is 1. The van der Waals surface area contributed by atoms with E-state index in [4.69, 9.17) is 4.74 Å². The molecular weight excluding hydrogens is 502 g/mol. The number of tetrazole rings is 1. The first-order valence-electron chi connectivity index (χ1n) is 13.5. The number of carbonyl (C=O) groups is 1.